The van der Waals surface area contributed by atoms with Crippen molar-refractivity contribution in [2.75, 3.05) is 20.3 Å². The molecule has 0 amide bonds. The topological polar surface area (TPSA) is 89.8 Å². The van der Waals surface area contributed by atoms with Crippen LogP contribution in [0.2, 0.25) is 0 Å². The van der Waals surface area contributed by atoms with Crippen LogP contribution in [0.15, 0.2) is 35.9 Å². The van der Waals surface area contributed by atoms with Crippen LogP contribution in [0.5, 0.6) is 5.75 Å². The first kappa shape index (κ1) is 17.5. The van der Waals surface area contributed by atoms with E-state index in [-0.39, 0.29) is 12.1 Å². The van der Waals surface area contributed by atoms with E-state index >= 15 is 0 Å². The second-order valence-electron chi connectivity index (χ2n) is 7.81. The van der Waals surface area contributed by atoms with Crippen molar-refractivity contribution in [2.24, 2.45) is 18.1 Å². The van der Waals surface area contributed by atoms with Gasteiger partial charge in [-0.2, -0.15) is 5.10 Å². The predicted octanol–water partition coefficient (Wildman–Crippen LogP) is 2.61. The Kier molecular flexibility index (Phi) is 3.85. The van der Waals surface area contributed by atoms with Gasteiger partial charge in [-0.3, -0.25) is 9.84 Å². The molecule has 30 heavy (non-hydrogen) atoms. The molecular weight excluding hydrogens is 384 g/mol. The molecule has 0 radical (unpaired) electrons. The molecule has 0 spiro atoms. The van der Waals surface area contributed by atoms with Gasteiger partial charge in [0.2, 0.25) is 0 Å². The highest BCUT2D eigenvalue weighted by atomic mass is 16.7. The van der Waals surface area contributed by atoms with E-state index in [9.17, 15) is 0 Å². The smallest absolute Gasteiger partial charge is 0.119 e. The molecule has 9 nitrogen and oxygen atoms in total. The van der Waals surface area contributed by atoms with Crippen LogP contribution in [-0.4, -0.2) is 51.7 Å². The third kappa shape index (κ3) is 2.62. The number of nitrogens with zero attached hydrogens (tertiary/aromatic N) is 6. The van der Waals surface area contributed by atoms with Crippen molar-refractivity contribution >= 4 is 5.84 Å². The van der Waals surface area contributed by atoms with E-state index in [0.29, 0.717) is 18.9 Å². The molecule has 2 atom stereocenters. The van der Waals surface area contributed by atoms with E-state index < -0.39 is 0 Å². The molecule has 0 aliphatic carbocycles. The van der Waals surface area contributed by atoms with E-state index in [0.717, 1.165) is 52.7 Å². The summed E-state index contributed by atoms with van der Waals surface area (Å²) in [4.78, 5) is 10.3. The van der Waals surface area contributed by atoms with Gasteiger partial charge in [0.1, 0.15) is 18.3 Å². The fourth-order valence-electron chi connectivity index (χ4n) is 4.40. The number of oxime groups is 1. The lowest BCUT2D eigenvalue weighted by molar-refractivity contribution is 0.0533. The molecule has 0 N–H and O–H groups in total. The van der Waals surface area contributed by atoms with Crippen molar-refractivity contribution in [3.05, 3.63) is 53.0 Å². The first-order chi connectivity index (χ1) is 14.7. The zero-order valence-corrected chi connectivity index (χ0v) is 16.8. The van der Waals surface area contributed by atoms with Gasteiger partial charge in [-0.1, -0.05) is 0 Å². The molecule has 3 aromatic rings. The molecule has 6 rings (SSSR count). The Bertz CT molecular complexity index is 1160. The van der Waals surface area contributed by atoms with Crippen molar-refractivity contribution < 1.29 is 14.3 Å². The number of benzene rings is 1. The van der Waals surface area contributed by atoms with Crippen molar-refractivity contribution in [2.45, 2.75) is 19.1 Å². The fourth-order valence-corrected chi connectivity index (χ4v) is 4.40. The molecule has 3 aliphatic heterocycles. The molecule has 9 heteroatoms. The van der Waals surface area contributed by atoms with Crippen molar-refractivity contribution in [1.82, 2.24) is 19.3 Å². The molecule has 0 saturated carbocycles. The standard InChI is InChI=1S/C21H21N6O3/c1-26-9-13-7-17-19(20-23-21(30-25-20)12-5-6-29-10-12)22-11-27(17)16-4-3-14(28-2)8-15(16)18(13)24-26/h3-4,8-9,11-12,21H,5-7,10H2,1-2H3/q-1. The van der Waals surface area contributed by atoms with Crippen LogP contribution in [0, 0.1) is 5.92 Å². The SMILES string of the molecule is COc1ccc2c(c1)-c1nn(C)cc1Cc1c(C3=NOC(C4CCOC4)[N-]3)ncn1-2. The number of hydrogen-bond donors (Lipinski definition) is 0. The Morgan fingerprint density at radius 2 is 2.20 bits per heavy atom. The van der Waals surface area contributed by atoms with Gasteiger partial charge in [-0.25, -0.2) is 4.98 Å². The van der Waals surface area contributed by atoms with Crippen molar-refractivity contribution in [3.8, 4) is 22.7 Å². The lowest BCUT2D eigenvalue weighted by Crippen LogP contribution is -2.20. The molecule has 5 heterocycles. The summed E-state index contributed by atoms with van der Waals surface area (Å²) in [6, 6.07) is 6.01. The summed E-state index contributed by atoms with van der Waals surface area (Å²) in [5.41, 5.74) is 5.84. The number of fused-ring (bicyclic) bond motifs is 5. The third-order valence-corrected chi connectivity index (χ3v) is 5.92. The molecular formula is C21H21N6O3-. The lowest BCUT2D eigenvalue weighted by Gasteiger charge is -2.22. The van der Waals surface area contributed by atoms with E-state index in [1.807, 2.05) is 42.5 Å². The van der Waals surface area contributed by atoms with E-state index in [1.54, 1.807) is 7.11 Å². The van der Waals surface area contributed by atoms with Gasteiger partial charge < -0.3 is 24.2 Å². The highest BCUT2D eigenvalue weighted by Crippen LogP contribution is 2.38. The summed E-state index contributed by atoms with van der Waals surface area (Å²) < 4.78 is 14.9. The Balaban J connectivity index is 1.44. The molecule has 2 aromatic heterocycles. The zero-order chi connectivity index (χ0) is 20.2. The van der Waals surface area contributed by atoms with E-state index in [2.05, 4.69) is 14.7 Å². The van der Waals surface area contributed by atoms with Gasteiger partial charge in [0.05, 0.1) is 36.5 Å². The highest BCUT2D eigenvalue weighted by molar-refractivity contribution is 6.08. The van der Waals surface area contributed by atoms with Crippen molar-refractivity contribution in [3.63, 3.8) is 0 Å². The summed E-state index contributed by atoms with van der Waals surface area (Å²) in [5, 5.41) is 13.7. The van der Waals surface area contributed by atoms with Gasteiger partial charge in [0, 0.05) is 49.2 Å². The predicted molar refractivity (Wildman–Crippen MR) is 109 cm³/mol. The molecule has 1 aromatic carbocycles. The van der Waals surface area contributed by atoms with Crippen LogP contribution in [0.25, 0.3) is 22.3 Å². The van der Waals surface area contributed by atoms with Crippen LogP contribution in [-0.2, 0) is 23.0 Å². The Morgan fingerprint density at radius 1 is 1.27 bits per heavy atom. The van der Waals surface area contributed by atoms with Gasteiger partial charge in [-0.15, -0.1) is 0 Å². The molecule has 3 aliphatic rings. The fraction of sp³-hybridized carbons (Fsp3) is 0.381. The van der Waals surface area contributed by atoms with Gasteiger partial charge in [0.25, 0.3) is 0 Å². The average Bonchev–Trinajstić information content (AvgIpc) is 3.53. The number of aromatic nitrogens is 4. The van der Waals surface area contributed by atoms with Crippen LogP contribution >= 0.6 is 0 Å². The number of rotatable bonds is 3. The maximum absolute atomic E-state index is 5.63. The number of aryl methyl sites for hydroxylation is 1. The van der Waals surface area contributed by atoms with Crippen LogP contribution in [0.3, 0.4) is 0 Å². The van der Waals surface area contributed by atoms with Gasteiger partial charge >= 0.3 is 0 Å². The highest BCUT2D eigenvalue weighted by Gasteiger charge is 2.29. The van der Waals surface area contributed by atoms with Gasteiger partial charge in [-0.05, 0) is 24.6 Å². The second-order valence-corrected chi connectivity index (χ2v) is 7.81. The largest absolute Gasteiger partial charge is 0.497 e. The van der Waals surface area contributed by atoms with Crippen LogP contribution in [0.4, 0.5) is 0 Å². The van der Waals surface area contributed by atoms with Crippen LogP contribution in [0.1, 0.15) is 23.4 Å². The maximum Gasteiger partial charge on any atom is 0.119 e. The van der Waals surface area contributed by atoms with E-state index in [4.69, 9.17) is 24.7 Å². The van der Waals surface area contributed by atoms with Crippen LogP contribution < -0.4 is 4.74 Å². The Morgan fingerprint density at radius 3 is 3.03 bits per heavy atom. The number of hydrogen-bond acceptors (Lipinski definition) is 6. The molecule has 1 fully saturated rings. The summed E-state index contributed by atoms with van der Waals surface area (Å²) in [6.07, 6.45) is 5.18. The van der Waals surface area contributed by atoms with E-state index in [1.165, 1.54) is 0 Å². The summed E-state index contributed by atoms with van der Waals surface area (Å²) in [7, 11) is 3.61. The summed E-state index contributed by atoms with van der Waals surface area (Å²) >= 11 is 0. The van der Waals surface area contributed by atoms with Gasteiger partial charge in [0.15, 0.2) is 0 Å². The monoisotopic (exact) mass is 405 g/mol. The zero-order valence-electron chi connectivity index (χ0n) is 16.8. The minimum Gasteiger partial charge on any atom is -0.497 e. The molecule has 2 unspecified atom stereocenters. The first-order valence-electron chi connectivity index (χ1n) is 10.0. The quantitative estimate of drug-likeness (QED) is 0.523. The number of imidazole rings is 1. The molecule has 154 valence electrons. The Hall–Kier alpha value is -3.33. The number of methoxy groups -OCH3 is 1. The average molecular weight is 405 g/mol. The normalized spacial score (nSPS) is 21.7. The minimum absolute atomic E-state index is 0.241. The Labute approximate surface area is 173 Å². The van der Waals surface area contributed by atoms with Crippen molar-refractivity contribution in [1.29, 1.82) is 0 Å². The second kappa shape index (κ2) is 6.60. The minimum atomic E-state index is -0.295. The maximum atomic E-state index is 5.63. The number of amidine groups is 1. The molecule has 1 saturated heterocycles. The summed E-state index contributed by atoms with van der Waals surface area (Å²) in [5.74, 6) is 1.58. The summed E-state index contributed by atoms with van der Waals surface area (Å²) in [6.45, 7) is 1.41. The molecule has 0 bridgehead atoms. The lowest BCUT2D eigenvalue weighted by atomic mass is 10.0. The third-order valence-electron chi connectivity index (χ3n) is 5.92. The number of ether oxygens (including phenoxy) is 2. The first-order valence-corrected chi connectivity index (χ1v) is 10.0.